The average Bonchev–Trinajstić information content (AvgIpc) is 2.70. The molecule has 1 aliphatic heterocycles. The van der Waals surface area contributed by atoms with Gasteiger partial charge in [0.1, 0.15) is 5.83 Å². The van der Waals surface area contributed by atoms with E-state index in [1.54, 1.807) is 12.2 Å². The van der Waals surface area contributed by atoms with E-state index in [2.05, 4.69) is 11.6 Å². The third-order valence-corrected chi connectivity index (χ3v) is 4.47. The molecule has 0 bridgehead atoms. The predicted molar refractivity (Wildman–Crippen MR) is 102 cm³/mol. The molecule has 1 aromatic rings. The van der Waals surface area contributed by atoms with E-state index in [0.29, 0.717) is 30.5 Å². The number of halogens is 1. The summed E-state index contributed by atoms with van der Waals surface area (Å²) in [6.45, 7) is 5.78. The van der Waals surface area contributed by atoms with E-state index in [4.69, 9.17) is 9.47 Å². The lowest BCUT2D eigenvalue weighted by Gasteiger charge is -2.29. The van der Waals surface area contributed by atoms with Gasteiger partial charge in [0, 0.05) is 18.7 Å². The minimum atomic E-state index is -1.24. The first-order chi connectivity index (χ1) is 13.4. The summed E-state index contributed by atoms with van der Waals surface area (Å²) in [6.07, 6.45) is 5.24. The topological polar surface area (TPSA) is 89.0 Å². The maximum atomic E-state index is 13.7. The lowest BCUT2D eigenvalue weighted by Crippen LogP contribution is -2.39. The van der Waals surface area contributed by atoms with Gasteiger partial charge < -0.3 is 19.5 Å². The van der Waals surface area contributed by atoms with Crippen LogP contribution in [-0.4, -0.2) is 54.2 Å². The van der Waals surface area contributed by atoms with E-state index >= 15 is 0 Å². The molecule has 0 radical (unpaired) electrons. The summed E-state index contributed by atoms with van der Waals surface area (Å²) < 4.78 is 24.1. The van der Waals surface area contributed by atoms with Crippen LogP contribution < -0.4 is 9.47 Å². The molecule has 0 aliphatic carbocycles. The number of rotatable bonds is 8. The van der Waals surface area contributed by atoms with Crippen molar-refractivity contribution in [2.24, 2.45) is 0 Å². The van der Waals surface area contributed by atoms with Gasteiger partial charge in [0.25, 0.3) is 11.8 Å². The second-order valence-corrected chi connectivity index (χ2v) is 6.00. The molecule has 2 rings (SSSR count). The van der Waals surface area contributed by atoms with Gasteiger partial charge in [0.05, 0.1) is 19.8 Å². The largest absolute Gasteiger partial charge is 0.491 e. The number of allylic oxidation sites excluding steroid dienone is 4. The fourth-order valence-corrected chi connectivity index (χ4v) is 3.06. The molecule has 8 heteroatoms. The Morgan fingerprint density at radius 3 is 2.64 bits per heavy atom. The van der Waals surface area contributed by atoms with Gasteiger partial charge in [0.2, 0.25) is 0 Å². The highest BCUT2D eigenvalue weighted by Crippen LogP contribution is 2.36. The minimum Gasteiger partial charge on any atom is -0.491 e. The Labute approximate surface area is 162 Å². The molecule has 0 spiro atoms. The van der Waals surface area contributed by atoms with Crippen molar-refractivity contribution >= 4 is 11.9 Å². The number of hydrogen-bond donors (Lipinski definition) is 1. The number of aromatic carboxylic acids is 1. The van der Waals surface area contributed by atoms with E-state index in [9.17, 15) is 19.1 Å². The predicted octanol–water partition coefficient (Wildman–Crippen LogP) is 3.17. The van der Waals surface area contributed by atoms with Crippen LogP contribution in [-0.2, 0) is 6.42 Å². The molecule has 7 nitrogen and oxygen atoms in total. The molecule has 1 N–H and O–H groups in total. The van der Waals surface area contributed by atoms with Crippen LogP contribution in [0, 0.1) is 0 Å². The fraction of sp³-hybridized carbons (Fsp3) is 0.350. The molecule has 150 valence electrons. The van der Waals surface area contributed by atoms with E-state index in [-0.39, 0.29) is 29.4 Å². The highest BCUT2D eigenvalue weighted by Gasteiger charge is 2.34. The number of carbonyl (C=O) groups is 2. The Bertz CT molecular complexity index is 861. The Balaban J connectivity index is 2.39. The summed E-state index contributed by atoms with van der Waals surface area (Å²) in [6, 6.07) is 0. The maximum absolute atomic E-state index is 13.7. The third-order valence-electron chi connectivity index (χ3n) is 4.47. The van der Waals surface area contributed by atoms with Crippen LogP contribution in [0.1, 0.15) is 39.8 Å². The lowest BCUT2D eigenvalue weighted by atomic mass is 9.96. The first-order valence-corrected chi connectivity index (χ1v) is 8.74. The van der Waals surface area contributed by atoms with Crippen molar-refractivity contribution in [1.29, 1.82) is 0 Å². The number of pyridine rings is 1. The first-order valence-electron chi connectivity index (χ1n) is 8.74. The summed E-state index contributed by atoms with van der Waals surface area (Å²) in [5, 5.41) is 9.44. The van der Waals surface area contributed by atoms with Gasteiger partial charge in [-0.25, -0.2) is 14.2 Å². The van der Waals surface area contributed by atoms with Crippen LogP contribution in [0.5, 0.6) is 11.6 Å². The van der Waals surface area contributed by atoms with E-state index < -0.39 is 17.7 Å². The second kappa shape index (κ2) is 9.16. The van der Waals surface area contributed by atoms with E-state index in [1.807, 2.05) is 6.92 Å². The number of amides is 1. The van der Waals surface area contributed by atoms with Gasteiger partial charge in [-0.05, 0) is 24.5 Å². The minimum absolute atomic E-state index is 0.0614. The van der Waals surface area contributed by atoms with Crippen molar-refractivity contribution in [2.45, 2.75) is 19.8 Å². The number of hydrogen-bond acceptors (Lipinski definition) is 5. The van der Waals surface area contributed by atoms with Crippen LogP contribution in [0.15, 0.2) is 36.2 Å². The smallest absolute Gasteiger partial charge is 0.354 e. The summed E-state index contributed by atoms with van der Waals surface area (Å²) >= 11 is 0. The quantitative estimate of drug-likeness (QED) is 0.686. The summed E-state index contributed by atoms with van der Waals surface area (Å²) in [7, 11) is 2.69. The summed E-state index contributed by atoms with van der Waals surface area (Å²) in [5.41, 5.74) is 0.717. The number of carboxylic acids is 1. The number of nitrogens with zero attached hydrogens (tertiary/aromatic N) is 2. The molecule has 0 unspecified atom stereocenters. The zero-order valence-corrected chi connectivity index (χ0v) is 16.1. The molecule has 0 fully saturated rings. The van der Waals surface area contributed by atoms with Crippen LogP contribution in [0.3, 0.4) is 0 Å². The van der Waals surface area contributed by atoms with Crippen molar-refractivity contribution in [2.75, 3.05) is 27.3 Å². The number of methoxy groups -OCH3 is 2. The van der Waals surface area contributed by atoms with E-state index in [1.165, 1.54) is 19.1 Å². The molecular weight excluding hydrogens is 367 g/mol. The van der Waals surface area contributed by atoms with Gasteiger partial charge in [-0.2, -0.15) is 0 Å². The molecule has 2 heterocycles. The molecule has 1 aliphatic rings. The molecule has 0 atom stereocenters. The highest BCUT2D eigenvalue weighted by molar-refractivity contribution is 6.03. The van der Waals surface area contributed by atoms with Crippen molar-refractivity contribution < 1.29 is 28.6 Å². The zero-order chi connectivity index (χ0) is 20.8. The standard InChI is InChI=1S/C20H23FN2O5/c1-5-12(14(21)6-2)8-7-10-23-11-9-13-15(19(23)24)17(27-3)18(28-4)22-16(13)20(25)26/h6-8H,2,5,9-11H2,1,3-4H3,(H,25,26)/b8-7+,14-12+. The third kappa shape index (κ3) is 4.05. The first kappa shape index (κ1) is 21.1. The molecule has 28 heavy (non-hydrogen) atoms. The molecule has 0 saturated heterocycles. The van der Waals surface area contributed by atoms with Gasteiger partial charge in [0.15, 0.2) is 11.4 Å². The monoisotopic (exact) mass is 390 g/mol. The Morgan fingerprint density at radius 2 is 2.11 bits per heavy atom. The van der Waals surface area contributed by atoms with Crippen molar-refractivity contribution in [3.63, 3.8) is 0 Å². The average molecular weight is 390 g/mol. The number of carboxylic acid groups (broad SMARTS) is 1. The van der Waals surface area contributed by atoms with Crippen LogP contribution in [0.25, 0.3) is 0 Å². The van der Waals surface area contributed by atoms with Crippen molar-refractivity contribution in [1.82, 2.24) is 9.88 Å². The Morgan fingerprint density at radius 1 is 1.39 bits per heavy atom. The highest BCUT2D eigenvalue weighted by atomic mass is 19.1. The molecular formula is C20H23FN2O5. The van der Waals surface area contributed by atoms with Crippen molar-refractivity contribution in [3.05, 3.63) is 53.0 Å². The molecule has 0 aromatic carbocycles. The molecule has 1 amide bonds. The summed E-state index contributed by atoms with van der Waals surface area (Å²) in [5.74, 6) is -1.99. The fourth-order valence-electron chi connectivity index (χ4n) is 3.06. The SMILES string of the molecule is C=C/C(F)=C(\C=C\CN1CCc2c(C(=O)O)nc(OC)c(OC)c2C1=O)CC. The number of aromatic nitrogens is 1. The summed E-state index contributed by atoms with van der Waals surface area (Å²) in [4.78, 5) is 30.1. The molecule has 1 aromatic heterocycles. The maximum Gasteiger partial charge on any atom is 0.354 e. The van der Waals surface area contributed by atoms with Gasteiger partial charge in [-0.15, -0.1) is 0 Å². The van der Waals surface area contributed by atoms with Gasteiger partial charge in [-0.1, -0.05) is 25.7 Å². The zero-order valence-electron chi connectivity index (χ0n) is 16.1. The Hall–Kier alpha value is -3.16. The van der Waals surface area contributed by atoms with Gasteiger partial charge >= 0.3 is 5.97 Å². The Kier molecular flexibility index (Phi) is 6.92. The number of fused-ring (bicyclic) bond motifs is 1. The normalized spacial score (nSPS) is 14.6. The van der Waals surface area contributed by atoms with Crippen LogP contribution in [0.4, 0.5) is 4.39 Å². The second-order valence-electron chi connectivity index (χ2n) is 6.00. The lowest BCUT2D eigenvalue weighted by molar-refractivity contribution is 0.0685. The number of ether oxygens (including phenoxy) is 2. The van der Waals surface area contributed by atoms with Gasteiger partial charge in [-0.3, -0.25) is 4.79 Å². The molecule has 0 saturated carbocycles. The van der Waals surface area contributed by atoms with Crippen LogP contribution >= 0.6 is 0 Å². The number of carbonyl (C=O) groups excluding carboxylic acids is 1. The van der Waals surface area contributed by atoms with Crippen LogP contribution in [0.2, 0.25) is 0 Å². The van der Waals surface area contributed by atoms with E-state index in [0.717, 1.165) is 6.08 Å². The van der Waals surface area contributed by atoms with Crippen molar-refractivity contribution in [3.8, 4) is 11.6 Å².